The number of nitriles is 1. The molecule has 11 heteroatoms. The first-order chi connectivity index (χ1) is 18.5. The van der Waals surface area contributed by atoms with Crippen LogP contribution >= 0.6 is 11.6 Å². The third-order valence-corrected chi connectivity index (χ3v) is 7.57. The average molecular weight is 531 g/mol. The van der Waals surface area contributed by atoms with Crippen LogP contribution in [0.25, 0.3) is 16.6 Å². The first-order valence-corrected chi connectivity index (χ1v) is 12.9. The Hall–Kier alpha value is -4.07. The van der Waals surface area contributed by atoms with Crippen molar-refractivity contribution in [1.82, 2.24) is 24.5 Å². The molecule has 7 rings (SSSR count). The Labute approximate surface area is 225 Å². The predicted molar refractivity (Wildman–Crippen MR) is 144 cm³/mol. The molecule has 4 aromatic heterocycles. The van der Waals surface area contributed by atoms with Crippen LogP contribution < -0.4 is 20.1 Å². The molecule has 3 saturated heterocycles. The summed E-state index contributed by atoms with van der Waals surface area (Å²) in [5.41, 5.74) is 9.75. The first-order valence-electron chi connectivity index (χ1n) is 12.5. The number of methoxy groups -OCH3 is 1. The fourth-order valence-corrected chi connectivity index (χ4v) is 5.79. The quantitative estimate of drug-likeness (QED) is 0.381. The zero-order valence-electron chi connectivity index (χ0n) is 21.1. The molecule has 38 heavy (non-hydrogen) atoms. The summed E-state index contributed by atoms with van der Waals surface area (Å²) in [4.78, 5) is 13.9. The maximum atomic E-state index is 9.69. The van der Waals surface area contributed by atoms with E-state index in [1.54, 1.807) is 17.8 Å². The Balaban J connectivity index is 1.21. The van der Waals surface area contributed by atoms with Crippen molar-refractivity contribution in [3.8, 4) is 28.8 Å². The molecule has 3 fully saturated rings. The molecule has 194 valence electrons. The van der Waals surface area contributed by atoms with Gasteiger partial charge < -0.3 is 20.1 Å². The molecule has 0 amide bonds. The lowest BCUT2D eigenvalue weighted by Crippen LogP contribution is -2.68. The van der Waals surface area contributed by atoms with Crippen molar-refractivity contribution in [3.63, 3.8) is 0 Å². The van der Waals surface area contributed by atoms with Crippen molar-refractivity contribution in [2.45, 2.75) is 32.0 Å². The molecule has 0 saturated carbocycles. The van der Waals surface area contributed by atoms with Gasteiger partial charge in [0.05, 0.1) is 25.4 Å². The molecule has 7 heterocycles. The average Bonchev–Trinajstić information content (AvgIpc) is 3.26. The number of hydrogen-bond acceptors (Lipinski definition) is 9. The van der Waals surface area contributed by atoms with Gasteiger partial charge >= 0.3 is 0 Å². The molecule has 2 unspecified atom stereocenters. The summed E-state index contributed by atoms with van der Waals surface area (Å²) in [5, 5.41) is 14.5. The Morgan fingerprint density at radius 2 is 2.00 bits per heavy atom. The summed E-state index contributed by atoms with van der Waals surface area (Å²) < 4.78 is 12.5. The van der Waals surface area contributed by atoms with Gasteiger partial charge in [-0.05, 0) is 43.2 Å². The van der Waals surface area contributed by atoms with Gasteiger partial charge in [0.1, 0.15) is 28.2 Å². The van der Waals surface area contributed by atoms with Crippen LogP contribution in [0.15, 0.2) is 42.9 Å². The summed E-state index contributed by atoms with van der Waals surface area (Å²) in [6.07, 6.45) is 6.59. The number of anilines is 2. The van der Waals surface area contributed by atoms with Gasteiger partial charge in [-0.3, -0.25) is 4.90 Å². The Kier molecular flexibility index (Phi) is 6.18. The van der Waals surface area contributed by atoms with E-state index in [1.807, 2.05) is 43.6 Å². The lowest BCUT2D eigenvalue weighted by atomic mass is 9.87. The van der Waals surface area contributed by atoms with Crippen LogP contribution in [0, 0.1) is 11.3 Å². The summed E-state index contributed by atoms with van der Waals surface area (Å²) >= 11 is 6.27. The fourth-order valence-electron chi connectivity index (χ4n) is 5.53. The molecule has 2 N–H and O–H groups in total. The van der Waals surface area contributed by atoms with Crippen LogP contribution in [0.2, 0.25) is 5.02 Å². The Bertz CT molecular complexity index is 1540. The fraction of sp³-hybridized carbons (Fsp3) is 0.333. The van der Waals surface area contributed by atoms with Gasteiger partial charge in [0.25, 0.3) is 0 Å². The molecule has 3 aliphatic heterocycles. The summed E-state index contributed by atoms with van der Waals surface area (Å²) in [5.74, 6) is 2.22. The molecule has 3 aliphatic rings. The van der Waals surface area contributed by atoms with E-state index in [-0.39, 0.29) is 5.82 Å². The maximum Gasteiger partial charge on any atom is 0.232 e. The Morgan fingerprint density at radius 3 is 2.66 bits per heavy atom. The van der Waals surface area contributed by atoms with Crippen molar-refractivity contribution in [1.29, 1.82) is 5.26 Å². The first kappa shape index (κ1) is 24.3. The monoisotopic (exact) mass is 530 g/mol. The van der Waals surface area contributed by atoms with Gasteiger partial charge in [0.15, 0.2) is 5.82 Å². The number of nitrogen functional groups attached to an aromatic ring is 1. The number of nitrogens with two attached hydrogens (primary N) is 1. The van der Waals surface area contributed by atoms with E-state index in [0.717, 1.165) is 42.1 Å². The third kappa shape index (κ3) is 4.14. The number of piperazine rings is 1. The van der Waals surface area contributed by atoms with Crippen LogP contribution in [0.4, 0.5) is 11.6 Å². The van der Waals surface area contributed by atoms with Crippen LogP contribution in [0.1, 0.15) is 24.5 Å². The minimum Gasteiger partial charge on any atom is -0.492 e. The van der Waals surface area contributed by atoms with E-state index in [1.165, 1.54) is 6.42 Å². The molecule has 0 aromatic carbocycles. The van der Waals surface area contributed by atoms with Crippen LogP contribution in [-0.2, 0) is 6.54 Å². The number of aromatic nitrogens is 4. The number of halogens is 1. The number of fused-ring (bicyclic) bond motifs is 3. The van der Waals surface area contributed by atoms with Crippen LogP contribution in [-0.4, -0.2) is 63.4 Å². The highest BCUT2D eigenvalue weighted by Crippen LogP contribution is 2.37. The number of piperidine rings is 1. The second kappa shape index (κ2) is 9.67. The van der Waals surface area contributed by atoms with E-state index in [2.05, 4.69) is 26.0 Å². The van der Waals surface area contributed by atoms with Crippen molar-refractivity contribution < 1.29 is 9.47 Å². The van der Waals surface area contributed by atoms with Crippen LogP contribution in [0.3, 0.4) is 0 Å². The summed E-state index contributed by atoms with van der Waals surface area (Å²) in [7, 11) is 1.57. The number of ether oxygens (including phenoxy) is 2. The van der Waals surface area contributed by atoms with E-state index in [4.69, 9.17) is 31.8 Å². The largest absolute Gasteiger partial charge is 0.492 e. The number of hydrogen-bond donors (Lipinski definition) is 1. The van der Waals surface area contributed by atoms with E-state index in [9.17, 15) is 5.26 Å². The van der Waals surface area contributed by atoms with Crippen molar-refractivity contribution in [3.05, 3.63) is 59.0 Å². The second-order valence-corrected chi connectivity index (χ2v) is 9.96. The smallest absolute Gasteiger partial charge is 0.232 e. The second-order valence-electron chi connectivity index (χ2n) is 9.55. The van der Waals surface area contributed by atoms with Gasteiger partial charge in [0, 0.05) is 55.2 Å². The molecule has 10 nitrogen and oxygen atoms in total. The minimum atomic E-state index is 0.191. The molecule has 4 aromatic rings. The highest BCUT2D eigenvalue weighted by atomic mass is 35.5. The molecular weight excluding hydrogens is 504 g/mol. The van der Waals surface area contributed by atoms with Gasteiger partial charge in [-0.1, -0.05) is 11.6 Å². The predicted octanol–water partition coefficient (Wildman–Crippen LogP) is 3.77. The molecular formula is C27H27ClN8O2. The van der Waals surface area contributed by atoms with Crippen molar-refractivity contribution >= 4 is 28.8 Å². The van der Waals surface area contributed by atoms with Gasteiger partial charge in [-0.15, -0.1) is 5.10 Å². The number of pyridine rings is 3. The third-order valence-electron chi connectivity index (χ3n) is 7.30. The number of nitrogens with zero attached hydrogens (tertiary/aromatic N) is 7. The lowest BCUT2D eigenvalue weighted by Gasteiger charge is -2.56. The lowest BCUT2D eigenvalue weighted by molar-refractivity contribution is -0.00876. The normalized spacial score (nSPS) is 18.7. The van der Waals surface area contributed by atoms with Gasteiger partial charge in [-0.2, -0.15) is 5.26 Å². The zero-order valence-corrected chi connectivity index (χ0v) is 21.9. The minimum absolute atomic E-state index is 0.191. The molecule has 2 bridgehead atoms. The molecule has 0 spiro atoms. The highest BCUT2D eigenvalue weighted by molar-refractivity contribution is 6.31. The van der Waals surface area contributed by atoms with Crippen molar-refractivity contribution in [2.75, 3.05) is 37.4 Å². The summed E-state index contributed by atoms with van der Waals surface area (Å²) in [6.45, 7) is 5.06. The summed E-state index contributed by atoms with van der Waals surface area (Å²) in [6, 6.07) is 11.0. The van der Waals surface area contributed by atoms with E-state index in [0.29, 0.717) is 46.4 Å². The molecule has 0 aliphatic carbocycles. The van der Waals surface area contributed by atoms with Crippen molar-refractivity contribution in [2.24, 2.45) is 0 Å². The van der Waals surface area contributed by atoms with Crippen LogP contribution in [0.5, 0.6) is 11.6 Å². The van der Waals surface area contributed by atoms with Gasteiger partial charge in [-0.25, -0.2) is 14.5 Å². The SMILES string of the molecule is CCOc1cc(-c2ccc(N3CC4CC(C3)N4Cc3cnc(OC)c(Cl)c3)nc2)c2c(C#N)c(N)nn2c1. The molecule has 2 atom stereocenters. The standard InChI is InChI=1S/C27H27ClN8O2/c1-3-38-20-8-21(25-22(9-29)26(30)33-36(25)15-20)17-4-5-24(31-11-17)34-13-18-7-19(14-34)35(18)12-16-6-23(28)27(37-2)32-10-16/h4-6,8,10-11,15,18-19H,3,7,12-14H2,1-2H3,(H2,30,33). The topological polar surface area (TPSA) is 118 Å². The highest BCUT2D eigenvalue weighted by Gasteiger charge is 2.44. The van der Waals surface area contributed by atoms with E-state index < -0.39 is 0 Å². The zero-order chi connectivity index (χ0) is 26.4. The molecule has 0 radical (unpaired) electrons. The van der Waals surface area contributed by atoms with E-state index >= 15 is 0 Å². The Morgan fingerprint density at radius 1 is 1.18 bits per heavy atom. The number of rotatable bonds is 7. The van der Waals surface area contributed by atoms with Gasteiger partial charge in [0.2, 0.25) is 5.88 Å². The maximum absolute atomic E-state index is 9.69.